The summed E-state index contributed by atoms with van der Waals surface area (Å²) in [6, 6.07) is 13.6. The van der Waals surface area contributed by atoms with Gasteiger partial charge in [0, 0.05) is 48.3 Å². The van der Waals surface area contributed by atoms with Crippen LogP contribution in [-0.4, -0.2) is 44.3 Å². The lowest BCUT2D eigenvalue weighted by molar-refractivity contribution is 0.0384. The number of benzene rings is 2. The minimum Gasteiger partial charge on any atom is -0.489 e. The molecule has 0 aliphatic carbocycles. The number of nitrogens with zero attached hydrogens (tertiary/aromatic N) is 1. The average Bonchev–Trinajstić information content (AvgIpc) is 2.66. The monoisotopic (exact) mass is 466 g/mol. The summed E-state index contributed by atoms with van der Waals surface area (Å²) in [7, 11) is 0. The van der Waals surface area contributed by atoms with Crippen LogP contribution in [-0.2, 0) is 17.9 Å². The minimum absolute atomic E-state index is 0. The molecule has 3 rings (SSSR count). The third-order valence-electron chi connectivity index (χ3n) is 4.35. The molecule has 0 amide bonds. The standard InChI is InChI=1S/C20H24Cl2N2O2.2ClH/c21-18-5-4-17(20(22)13-18)15-26-19-3-1-2-16(12-19)14-23-6-7-24-8-10-25-11-9-24;;/h1-5,12-13,23H,6-11,14-15H2;2*1H. The molecule has 0 spiro atoms. The number of hydrogen-bond donors (Lipinski definition) is 1. The number of hydrogen-bond acceptors (Lipinski definition) is 4. The van der Waals surface area contributed by atoms with Gasteiger partial charge in [-0.3, -0.25) is 4.90 Å². The van der Waals surface area contributed by atoms with E-state index in [4.69, 9.17) is 32.7 Å². The summed E-state index contributed by atoms with van der Waals surface area (Å²) in [6.07, 6.45) is 0. The van der Waals surface area contributed by atoms with Crippen molar-refractivity contribution in [2.24, 2.45) is 0 Å². The molecule has 0 atom stereocenters. The highest BCUT2D eigenvalue weighted by Crippen LogP contribution is 2.23. The second-order valence-corrected chi connectivity index (χ2v) is 7.15. The van der Waals surface area contributed by atoms with E-state index in [0.29, 0.717) is 16.7 Å². The molecule has 8 heteroatoms. The summed E-state index contributed by atoms with van der Waals surface area (Å²) in [6.45, 7) is 7.00. The second-order valence-electron chi connectivity index (χ2n) is 6.30. The van der Waals surface area contributed by atoms with Crippen molar-refractivity contribution in [3.05, 3.63) is 63.6 Å². The second kappa shape index (κ2) is 13.5. The van der Waals surface area contributed by atoms with E-state index in [2.05, 4.69) is 22.3 Å². The van der Waals surface area contributed by atoms with E-state index >= 15 is 0 Å². The van der Waals surface area contributed by atoms with Gasteiger partial charge in [-0.05, 0) is 29.8 Å². The van der Waals surface area contributed by atoms with Crippen LogP contribution in [0, 0.1) is 0 Å². The molecule has 2 aromatic rings. The van der Waals surface area contributed by atoms with Crippen molar-refractivity contribution in [2.75, 3.05) is 39.4 Å². The van der Waals surface area contributed by atoms with E-state index in [0.717, 1.165) is 57.3 Å². The van der Waals surface area contributed by atoms with Gasteiger partial charge in [-0.15, -0.1) is 24.8 Å². The number of ether oxygens (including phenoxy) is 2. The van der Waals surface area contributed by atoms with Crippen molar-refractivity contribution in [3.8, 4) is 5.75 Å². The van der Waals surface area contributed by atoms with Gasteiger partial charge >= 0.3 is 0 Å². The zero-order chi connectivity index (χ0) is 18.2. The molecule has 1 N–H and O–H groups in total. The molecule has 0 unspecified atom stereocenters. The van der Waals surface area contributed by atoms with Crippen LogP contribution in [0.25, 0.3) is 0 Å². The summed E-state index contributed by atoms with van der Waals surface area (Å²) >= 11 is 12.1. The third-order valence-corrected chi connectivity index (χ3v) is 4.93. The number of rotatable bonds is 8. The molecular formula is C20H26Cl4N2O2. The molecule has 1 aliphatic rings. The van der Waals surface area contributed by atoms with Crippen molar-refractivity contribution < 1.29 is 9.47 Å². The predicted octanol–water partition coefficient (Wildman–Crippen LogP) is 4.84. The fourth-order valence-electron chi connectivity index (χ4n) is 2.84. The van der Waals surface area contributed by atoms with E-state index in [1.165, 1.54) is 5.56 Å². The van der Waals surface area contributed by atoms with Gasteiger partial charge in [-0.1, -0.05) is 41.4 Å². The van der Waals surface area contributed by atoms with Gasteiger partial charge in [0.15, 0.2) is 0 Å². The third kappa shape index (κ3) is 8.34. The summed E-state index contributed by atoms with van der Waals surface area (Å²) < 4.78 is 11.2. The normalized spacial score (nSPS) is 14.1. The fraction of sp³-hybridized carbons (Fsp3) is 0.400. The van der Waals surface area contributed by atoms with Gasteiger partial charge < -0.3 is 14.8 Å². The Kier molecular flexibility index (Phi) is 12.2. The van der Waals surface area contributed by atoms with Gasteiger partial charge in [0.2, 0.25) is 0 Å². The molecule has 1 heterocycles. The van der Waals surface area contributed by atoms with Crippen molar-refractivity contribution in [3.63, 3.8) is 0 Å². The van der Waals surface area contributed by atoms with Crippen molar-refractivity contribution in [1.82, 2.24) is 10.2 Å². The van der Waals surface area contributed by atoms with Crippen LogP contribution >= 0.6 is 48.0 Å². The van der Waals surface area contributed by atoms with Crippen molar-refractivity contribution in [1.29, 1.82) is 0 Å². The maximum absolute atomic E-state index is 6.19. The Labute approximate surface area is 189 Å². The van der Waals surface area contributed by atoms with E-state index in [1.54, 1.807) is 6.07 Å². The van der Waals surface area contributed by atoms with Crippen LogP contribution in [0.4, 0.5) is 0 Å². The van der Waals surface area contributed by atoms with E-state index in [1.807, 2.05) is 24.3 Å². The molecule has 1 aliphatic heterocycles. The topological polar surface area (TPSA) is 33.7 Å². The zero-order valence-electron chi connectivity index (χ0n) is 15.5. The lowest BCUT2D eigenvalue weighted by Crippen LogP contribution is -2.40. The molecular weight excluding hydrogens is 442 g/mol. The quantitative estimate of drug-likeness (QED) is 0.563. The Morgan fingerprint density at radius 1 is 1.04 bits per heavy atom. The molecule has 156 valence electrons. The van der Waals surface area contributed by atoms with Crippen LogP contribution in [0.2, 0.25) is 10.0 Å². The smallest absolute Gasteiger partial charge is 0.120 e. The molecule has 28 heavy (non-hydrogen) atoms. The first-order chi connectivity index (χ1) is 12.7. The summed E-state index contributed by atoms with van der Waals surface area (Å²) in [4.78, 5) is 2.42. The maximum Gasteiger partial charge on any atom is 0.120 e. The Morgan fingerprint density at radius 3 is 2.57 bits per heavy atom. The molecule has 1 fully saturated rings. The highest BCUT2D eigenvalue weighted by Gasteiger charge is 2.09. The Bertz CT molecular complexity index is 712. The highest BCUT2D eigenvalue weighted by molar-refractivity contribution is 6.35. The molecule has 0 saturated carbocycles. The summed E-state index contributed by atoms with van der Waals surface area (Å²) in [5, 5.41) is 4.74. The van der Waals surface area contributed by atoms with Crippen LogP contribution in [0.3, 0.4) is 0 Å². The Morgan fingerprint density at radius 2 is 1.82 bits per heavy atom. The first-order valence-electron chi connectivity index (χ1n) is 8.87. The van der Waals surface area contributed by atoms with Gasteiger partial charge in [-0.2, -0.15) is 0 Å². The number of morpholine rings is 1. The van der Waals surface area contributed by atoms with E-state index in [-0.39, 0.29) is 24.8 Å². The average molecular weight is 468 g/mol. The minimum atomic E-state index is 0. The first kappa shape index (κ1) is 25.3. The van der Waals surface area contributed by atoms with E-state index < -0.39 is 0 Å². The van der Waals surface area contributed by atoms with Crippen LogP contribution in [0.15, 0.2) is 42.5 Å². The first-order valence-corrected chi connectivity index (χ1v) is 9.63. The molecule has 0 aromatic heterocycles. The van der Waals surface area contributed by atoms with Crippen LogP contribution < -0.4 is 10.1 Å². The van der Waals surface area contributed by atoms with Gasteiger partial charge in [0.1, 0.15) is 12.4 Å². The highest BCUT2D eigenvalue weighted by atomic mass is 35.5. The molecule has 4 nitrogen and oxygen atoms in total. The van der Waals surface area contributed by atoms with Gasteiger partial charge in [-0.25, -0.2) is 0 Å². The summed E-state index contributed by atoms with van der Waals surface area (Å²) in [5.74, 6) is 0.837. The Hall–Kier alpha value is -0.720. The Balaban J connectivity index is 0.00000196. The van der Waals surface area contributed by atoms with Crippen molar-refractivity contribution in [2.45, 2.75) is 13.2 Å². The van der Waals surface area contributed by atoms with Crippen molar-refractivity contribution >= 4 is 48.0 Å². The zero-order valence-corrected chi connectivity index (χ0v) is 18.7. The fourth-order valence-corrected chi connectivity index (χ4v) is 3.30. The lowest BCUT2D eigenvalue weighted by Gasteiger charge is -2.26. The SMILES string of the molecule is Cl.Cl.Clc1ccc(COc2cccc(CNCCN3CCOCC3)c2)c(Cl)c1. The largest absolute Gasteiger partial charge is 0.489 e. The number of nitrogens with one attached hydrogen (secondary N) is 1. The number of halogens is 4. The van der Waals surface area contributed by atoms with Crippen LogP contribution in [0.1, 0.15) is 11.1 Å². The maximum atomic E-state index is 6.19. The van der Waals surface area contributed by atoms with Gasteiger partial charge in [0.25, 0.3) is 0 Å². The molecule has 2 aromatic carbocycles. The predicted molar refractivity (Wildman–Crippen MR) is 121 cm³/mol. The molecule has 1 saturated heterocycles. The van der Waals surface area contributed by atoms with Crippen LogP contribution in [0.5, 0.6) is 5.75 Å². The molecule has 0 bridgehead atoms. The summed E-state index contributed by atoms with van der Waals surface area (Å²) in [5.41, 5.74) is 2.12. The van der Waals surface area contributed by atoms with Gasteiger partial charge in [0.05, 0.1) is 13.2 Å². The van der Waals surface area contributed by atoms with E-state index in [9.17, 15) is 0 Å². The molecule has 0 radical (unpaired) electrons. The lowest BCUT2D eigenvalue weighted by atomic mass is 10.2.